The van der Waals surface area contributed by atoms with Crippen molar-refractivity contribution < 1.29 is 19.4 Å². The molecule has 0 aliphatic rings. The Balaban J connectivity index is 2.63. The Hall–Kier alpha value is -2.50. The second-order valence-electron chi connectivity index (χ2n) is 4.32. The van der Waals surface area contributed by atoms with E-state index in [2.05, 4.69) is 5.10 Å². The first kappa shape index (κ1) is 13.9. The molecule has 0 aliphatic heterocycles. The van der Waals surface area contributed by atoms with Crippen LogP contribution in [0.15, 0.2) is 18.2 Å². The molecular formula is C14H16N2O4. The van der Waals surface area contributed by atoms with E-state index < -0.39 is 5.97 Å². The SMILES string of the molecule is COc1ccc(-c2cc(C(=O)O)nn2C)c(OC)c1C. The fourth-order valence-corrected chi connectivity index (χ4v) is 2.18. The van der Waals surface area contributed by atoms with Crippen LogP contribution in [0.2, 0.25) is 0 Å². The molecular weight excluding hydrogens is 260 g/mol. The Morgan fingerprint density at radius 1 is 1.30 bits per heavy atom. The third kappa shape index (κ3) is 2.20. The summed E-state index contributed by atoms with van der Waals surface area (Å²) in [5.74, 6) is 0.298. The average Bonchev–Trinajstić information content (AvgIpc) is 2.80. The number of carboxylic acid groups (broad SMARTS) is 1. The van der Waals surface area contributed by atoms with E-state index in [1.54, 1.807) is 21.3 Å². The van der Waals surface area contributed by atoms with Crippen molar-refractivity contribution in [3.05, 3.63) is 29.5 Å². The zero-order valence-corrected chi connectivity index (χ0v) is 11.8. The largest absolute Gasteiger partial charge is 0.496 e. The molecule has 1 N–H and O–H groups in total. The molecule has 20 heavy (non-hydrogen) atoms. The molecule has 2 rings (SSSR count). The summed E-state index contributed by atoms with van der Waals surface area (Å²) in [7, 11) is 4.86. The molecule has 0 amide bonds. The number of carbonyl (C=O) groups is 1. The molecule has 0 spiro atoms. The number of aryl methyl sites for hydroxylation is 1. The number of methoxy groups -OCH3 is 2. The van der Waals surface area contributed by atoms with Crippen molar-refractivity contribution in [2.75, 3.05) is 14.2 Å². The zero-order chi connectivity index (χ0) is 14.9. The summed E-state index contributed by atoms with van der Waals surface area (Å²) in [6.45, 7) is 1.88. The lowest BCUT2D eigenvalue weighted by molar-refractivity contribution is 0.0689. The molecule has 0 saturated heterocycles. The highest BCUT2D eigenvalue weighted by Gasteiger charge is 2.18. The van der Waals surface area contributed by atoms with Gasteiger partial charge in [0.15, 0.2) is 5.69 Å². The van der Waals surface area contributed by atoms with E-state index in [1.807, 2.05) is 19.1 Å². The number of rotatable bonds is 4. The number of nitrogens with zero attached hydrogens (tertiary/aromatic N) is 2. The summed E-state index contributed by atoms with van der Waals surface area (Å²) < 4.78 is 12.2. The van der Waals surface area contributed by atoms with E-state index in [1.165, 1.54) is 10.7 Å². The standard InChI is InChI=1S/C14H16N2O4/c1-8-12(19-3)6-5-9(13(8)20-4)11-7-10(14(17)18)15-16(11)2/h5-7H,1-4H3,(H,17,18). The molecule has 0 bridgehead atoms. The third-order valence-electron chi connectivity index (χ3n) is 3.16. The minimum atomic E-state index is -1.06. The highest BCUT2D eigenvalue weighted by molar-refractivity contribution is 5.87. The lowest BCUT2D eigenvalue weighted by atomic mass is 10.1. The van der Waals surface area contributed by atoms with Gasteiger partial charge in [0, 0.05) is 18.2 Å². The predicted octanol–water partition coefficient (Wildman–Crippen LogP) is 2.11. The summed E-state index contributed by atoms with van der Waals surface area (Å²) >= 11 is 0. The van der Waals surface area contributed by atoms with Gasteiger partial charge in [-0.3, -0.25) is 4.68 Å². The van der Waals surface area contributed by atoms with E-state index in [0.29, 0.717) is 17.2 Å². The number of benzene rings is 1. The number of aromatic carboxylic acids is 1. The van der Waals surface area contributed by atoms with Gasteiger partial charge < -0.3 is 14.6 Å². The summed E-state index contributed by atoms with van der Waals surface area (Å²) in [6, 6.07) is 5.17. The van der Waals surface area contributed by atoms with Gasteiger partial charge in [-0.15, -0.1) is 0 Å². The van der Waals surface area contributed by atoms with Crippen LogP contribution in [0.5, 0.6) is 11.5 Å². The fraction of sp³-hybridized carbons (Fsp3) is 0.286. The summed E-state index contributed by atoms with van der Waals surface area (Å²) in [5.41, 5.74) is 2.29. The summed E-state index contributed by atoms with van der Waals surface area (Å²) in [4.78, 5) is 11.0. The van der Waals surface area contributed by atoms with Crippen molar-refractivity contribution in [1.82, 2.24) is 9.78 Å². The molecule has 1 heterocycles. The maximum Gasteiger partial charge on any atom is 0.356 e. The van der Waals surface area contributed by atoms with Crippen LogP contribution in [-0.2, 0) is 7.05 Å². The van der Waals surface area contributed by atoms with E-state index in [-0.39, 0.29) is 5.69 Å². The minimum absolute atomic E-state index is 0.00183. The van der Waals surface area contributed by atoms with Crippen molar-refractivity contribution in [2.24, 2.45) is 7.05 Å². The average molecular weight is 276 g/mol. The second-order valence-corrected chi connectivity index (χ2v) is 4.32. The van der Waals surface area contributed by atoms with Crippen molar-refractivity contribution in [1.29, 1.82) is 0 Å². The zero-order valence-electron chi connectivity index (χ0n) is 11.8. The van der Waals surface area contributed by atoms with Crippen LogP contribution >= 0.6 is 0 Å². The number of ether oxygens (including phenoxy) is 2. The molecule has 106 valence electrons. The molecule has 0 saturated carbocycles. The van der Waals surface area contributed by atoms with Crippen LogP contribution < -0.4 is 9.47 Å². The Labute approximate surface area is 116 Å². The first-order valence-electron chi connectivity index (χ1n) is 5.98. The van der Waals surface area contributed by atoms with Crippen LogP contribution in [0.25, 0.3) is 11.3 Å². The van der Waals surface area contributed by atoms with Gasteiger partial charge >= 0.3 is 5.97 Å². The number of carboxylic acids is 1. The smallest absolute Gasteiger partial charge is 0.356 e. The van der Waals surface area contributed by atoms with Gasteiger partial charge in [-0.25, -0.2) is 4.79 Å². The monoisotopic (exact) mass is 276 g/mol. The Morgan fingerprint density at radius 2 is 2.00 bits per heavy atom. The number of hydrogen-bond donors (Lipinski definition) is 1. The lowest BCUT2D eigenvalue weighted by Gasteiger charge is -2.14. The van der Waals surface area contributed by atoms with Gasteiger partial charge in [-0.05, 0) is 25.1 Å². The Kier molecular flexibility index (Phi) is 3.65. The second kappa shape index (κ2) is 5.24. The lowest BCUT2D eigenvalue weighted by Crippen LogP contribution is -2.00. The molecule has 0 aliphatic carbocycles. The molecule has 0 radical (unpaired) electrons. The van der Waals surface area contributed by atoms with Crippen molar-refractivity contribution in [3.8, 4) is 22.8 Å². The predicted molar refractivity (Wildman–Crippen MR) is 73.4 cm³/mol. The van der Waals surface area contributed by atoms with Gasteiger partial charge in [-0.2, -0.15) is 5.10 Å². The van der Waals surface area contributed by atoms with Gasteiger partial charge in [-0.1, -0.05) is 0 Å². The topological polar surface area (TPSA) is 73.6 Å². The molecule has 0 unspecified atom stereocenters. The molecule has 1 aromatic heterocycles. The van der Waals surface area contributed by atoms with Gasteiger partial charge in [0.1, 0.15) is 11.5 Å². The van der Waals surface area contributed by atoms with Crippen LogP contribution in [0, 0.1) is 6.92 Å². The first-order valence-corrected chi connectivity index (χ1v) is 5.98. The van der Waals surface area contributed by atoms with Crippen LogP contribution in [0.4, 0.5) is 0 Å². The van der Waals surface area contributed by atoms with Crippen LogP contribution in [0.3, 0.4) is 0 Å². The molecule has 0 fully saturated rings. The Morgan fingerprint density at radius 3 is 2.50 bits per heavy atom. The fourth-order valence-electron chi connectivity index (χ4n) is 2.18. The molecule has 6 heteroatoms. The maximum atomic E-state index is 11.0. The number of aromatic nitrogens is 2. The molecule has 1 aromatic carbocycles. The van der Waals surface area contributed by atoms with E-state index >= 15 is 0 Å². The highest BCUT2D eigenvalue weighted by Crippen LogP contribution is 2.37. The van der Waals surface area contributed by atoms with Crippen molar-refractivity contribution >= 4 is 5.97 Å². The van der Waals surface area contributed by atoms with Gasteiger partial charge in [0.25, 0.3) is 0 Å². The quantitative estimate of drug-likeness (QED) is 0.925. The van der Waals surface area contributed by atoms with E-state index in [0.717, 1.165) is 11.1 Å². The van der Waals surface area contributed by atoms with Crippen LogP contribution in [-0.4, -0.2) is 35.1 Å². The van der Waals surface area contributed by atoms with Crippen molar-refractivity contribution in [3.63, 3.8) is 0 Å². The highest BCUT2D eigenvalue weighted by atomic mass is 16.5. The van der Waals surface area contributed by atoms with Crippen LogP contribution in [0.1, 0.15) is 16.1 Å². The maximum absolute atomic E-state index is 11.0. The normalized spacial score (nSPS) is 10.4. The number of hydrogen-bond acceptors (Lipinski definition) is 4. The Bertz CT molecular complexity index is 661. The molecule has 0 atom stereocenters. The molecule has 2 aromatic rings. The van der Waals surface area contributed by atoms with Crippen molar-refractivity contribution in [2.45, 2.75) is 6.92 Å². The van der Waals surface area contributed by atoms with E-state index in [9.17, 15) is 4.79 Å². The molecule has 6 nitrogen and oxygen atoms in total. The summed E-state index contributed by atoms with van der Waals surface area (Å²) in [5, 5.41) is 13.0. The minimum Gasteiger partial charge on any atom is -0.496 e. The third-order valence-corrected chi connectivity index (χ3v) is 3.16. The van der Waals surface area contributed by atoms with Gasteiger partial charge in [0.05, 0.1) is 19.9 Å². The van der Waals surface area contributed by atoms with Gasteiger partial charge in [0.2, 0.25) is 0 Å². The first-order chi connectivity index (χ1) is 9.49. The summed E-state index contributed by atoms with van der Waals surface area (Å²) in [6.07, 6.45) is 0. The van der Waals surface area contributed by atoms with E-state index in [4.69, 9.17) is 14.6 Å².